The van der Waals surface area contributed by atoms with E-state index in [4.69, 9.17) is 9.84 Å². The van der Waals surface area contributed by atoms with Crippen molar-refractivity contribution in [2.24, 2.45) is 17.8 Å². The van der Waals surface area contributed by atoms with Gasteiger partial charge in [-0.1, -0.05) is 12.2 Å². The SMILES string of the molecule is OCCN1CCO[C@@H]1[C@@H]1C[C@H]2C=C[C@H]1C2. The summed E-state index contributed by atoms with van der Waals surface area (Å²) in [6.07, 6.45) is 7.63. The molecule has 0 aromatic heterocycles. The molecule has 2 bridgehead atoms. The Balaban J connectivity index is 1.68. The maximum Gasteiger partial charge on any atom is 0.114 e. The third-order valence-electron chi connectivity index (χ3n) is 4.11. The molecule has 0 aromatic rings. The van der Waals surface area contributed by atoms with Gasteiger partial charge in [-0.3, -0.25) is 4.90 Å². The molecule has 3 aliphatic rings. The van der Waals surface area contributed by atoms with Gasteiger partial charge < -0.3 is 9.84 Å². The van der Waals surface area contributed by atoms with Gasteiger partial charge in [0, 0.05) is 19.0 Å². The Morgan fingerprint density at radius 1 is 1.33 bits per heavy atom. The quantitative estimate of drug-likeness (QED) is 0.699. The molecule has 0 radical (unpaired) electrons. The number of aliphatic hydroxyl groups is 1. The lowest BCUT2D eigenvalue weighted by molar-refractivity contribution is -0.0264. The van der Waals surface area contributed by atoms with Gasteiger partial charge in [0.25, 0.3) is 0 Å². The second-order valence-corrected chi connectivity index (χ2v) is 4.97. The summed E-state index contributed by atoms with van der Waals surface area (Å²) >= 11 is 0. The van der Waals surface area contributed by atoms with Crippen molar-refractivity contribution in [3.05, 3.63) is 12.2 Å². The van der Waals surface area contributed by atoms with Gasteiger partial charge in [-0.15, -0.1) is 0 Å². The smallest absolute Gasteiger partial charge is 0.114 e. The Morgan fingerprint density at radius 2 is 2.27 bits per heavy atom. The molecule has 0 unspecified atom stereocenters. The van der Waals surface area contributed by atoms with E-state index in [2.05, 4.69) is 17.1 Å². The fraction of sp³-hybridized carbons (Fsp3) is 0.833. The van der Waals surface area contributed by atoms with Crippen LogP contribution in [0.15, 0.2) is 12.2 Å². The number of β-amino-alcohol motifs (C(OH)–C–C–N with tert-alkyl or cyclic N) is 1. The number of ether oxygens (including phenoxy) is 1. The highest BCUT2D eigenvalue weighted by atomic mass is 16.5. The fourth-order valence-electron chi connectivity index (χ4n) is 3.44. The van der Waals surface area contributed by atoms with Crippen LogP contribution in [0.3, 0.4) is 0 Å². The molecule has 84 valence electrons. The Bertz CT molecular complexity index is 266. The molecular weight excluding hydrogens is 190 g/mol. The van der Waals surface area contributed by atoms with Crippen LogP contribution in [0.2, 0.25) is 0 Å². The van der Waals surface area contributed by atoms with E-state index in [1.807, 2.05) is 0 Å². The van der Waals surface area contributed by atoms with E-state index in [0.29, 0.717) is 5.92 Å². The van der Waals surface area contributed by atoms with Crippen molar-refractivity contribution in [3.8, 4) is 0 Å². The van der Waals surface area contributed by atoms with Gasteiger partial charge >= 0.3 is 0 Å². The van der Waals surface area contributed by atoms with Gasteiger partial charge in [0.1, 0.15) is 6.23 Å². The number of rotatable bonds is 3. The molecule has 1 heterocycles. The zero-order valence-corrected chi connectivity index (χ0v) is 9.01. The predicted octanol–water partition coefficient (Wildman–Crippen LogP) is 0.849. The first-order valence-electron chi connectivity index (χ1n) is 6.03. The maximum atomic E-state index is 9.01. The largest absolute Gasteiger partial charge is 0.395 e. The van der Waals surface area contributed by atoms with Crippen LogP contribution in [0.4, 0.5) is 0 Å². The molecule has 1 saturated heterocycles. The van der Waals surface area contributed by atoms with Crippen molar-refractivity contribution >= 4 is 0 Å². The molecule has 2 aliphatic carbocycles. The summed E-state index contributed by atoms with van der Waals surface area (Å²) in [5, 5.41) is 9.01. The monoisotopic (exact) mass is 209 g/mol. The summed E-state index contributed by atoms with van der Waals surface area (Å²) in [6.45, 7) is 2.84. The minimum Gasteiger partial charge on any atom is -0.395 e. The van der Waals surface area contributed by atoms with Crippen molar-refractivity contribution in [3.63, 3.8) is 0 Å². The highest BCUT2D eigenvalue weighted by Gasteiger charge is 2.44. The van der Waals surface area contributed by atoms with E-state index in [1.54, 1.807) is 0 Å². The van der Waals surface area contributed by atoms with Gasteiger partial charge in [-0.05, 0) is 24.7 Å². The Kier molecular flexibility index (Phi) is 2.54. The first-order valence-corrected chi connectivity index (χ1v) is 6.03. The fourth-order valence-corrected chi connectivity index (χ4v) is 3.44. The topological polar surface area (TPSA) is 32.7 Å². The molecule has 15 heavy (non-hydrogen) atoms. The number of hydrogen-bond acceptors (Lipinski definition) is 3. The highest BCUT2D eigenvalue weighted by molar-refractivity contribution is 5.11. The van der Waals surface area contributed by atoms with Crippen LogP contribution in [-0.4, -0.2) is 42.5 Å². The molecule has 1 aliphatic heterocycles. The number of allylic oxidation sites excluding steroid dienone is 2. The van der Waals surface area contributed by atoms with Gasteiger partial charge in [-0.2, -0.15) is 0 Å². The minimum atomic E-state index is 0.247. The average Bonchev–Trinajstić information content (AvgIpc) is 2.91. The van der Waals surface area contributed by atoms with Crippen LogP contribution >= 0.6 is 0 Å². The highest BCUT2D eigenvalue weighted by Crippen LogP contribution is 2.46. The van der Waals surface area contributed by atoms with Crippen molar-refractivity contribution in [1.29, 1.82) is 0 Å². The van der Waals surface area contributed by atoms with Gasteiger partial charge in [0.15, 0.2) is 0 Å². The zero-order valence-electron chi connectivity index (χ0n) is 9.01. The molecule has 3 rings (SSSR count). The summed E-state index contributed by atoms with van der Waals surface area (Å²) in [7, 11) is 0. The van der Waals surface area contributed by atoms with Crippen LogP contribution in [0.1, 0.15) is 12.8 Å². The summed E-state index contributed by atoms with van der Waals surface area (Å²) < 4.78 is 5.84. The molecule has 2 fully saturated rings. The molecule has 3 nitrogen and oxygen atoms in total. The molecule has 4 atom stereocenters. The second-order valence-electron chi connectivity index (χ2n) is 4.97. The minimum absolute atomic E-state index is 0.247. The first kappa shape index (κ1) is 9.82. The Morgan fingerprint density at radius 3 is 2.93 bits per heavy atom. The van der Waals surface area contributed by atoms with Crippen LogP contribution < -0.4 is 0 Å². The van der Waals surface area contributed by atoms with Crippen molar-refractivity contribution in [1.82, 2.24) is 4.90 Å². The third-order valence-corrected chi connectivity index (χ3v) is 4.11. The number of nitrogens with zero attached hydrogens (tertiary/aromatic N) is 1. The second kappa shape index (κ2) is 3.89. The van der Waals surface area contributed by atoms with Crippen molar-refractivity contribution < 1.29 is 9.84 Å². The van der Waals surface area contributed by atoms with E-state index >= 15 is 0 Å². The molecule has 1 N–H and O–H groups in total. The Hall–Kier alpha value is -0.380. The third kappa shape index (κ3) is 1.63. The van der Waals surface area contributed by atoms with E-state index < -0.39 is 0 Å². The number of aliphatic hydroxyl groups excluding tert-OH is 1. The van der Waals surface area contributed by atoms with Crippen LogP contribution in [-0.2, 0) is 4.74 Å². The normalized spacial score (nSPS) is 44.3. The van der Waals surface area contributed by atoms with Crippen molar-refractivity contribution in [2.75, 3.05) is 26.3 Å². The molecule has 0 spiro atoms. The first-order chi connectivity index (χ1) is 7.38. The Labute approximate surface area is 90.7 Å². The lowest BCUT2D eigenvalue weighted by atomic mass is 9.91. The molecule has 1 saturated carbocycles. The molecular formula is C12H19NO2. The summed E-state index contributed by atoms with van der Waals surface area (Å²) in [5.41, 5.74) is 0. The van der Waals surface area contributed by atoms with E-state index in [-0.39, 0.29) is 12.8 Å². The molecule has 3 heteroatoms. The van der Waals surface area contributed by atoms with E-state index in [9.17, 15) is 0 Å². The summed E-state index contributed by atoms with van der Waals surface area (Å²) in [4.78, 5) is 2.30. The molecule has 0 aromatic carbocycles. The van der Waals surface area contributed by atoms with E-state index in [1.165, 1.54) is 12.8 Å². The molecule has 0 amide bonds. The van der Waals surface area contributed by atoms with E-state index in [0.717, 1.165) is 31.5 Å². The van der Waals surface area contributed by atoms with Gasteiger partial charge in [0.2, 0.25) is 0 Å². The van der Waals surface area contributed by atoms with Gasteiger partial charge in [0.05, 0.1) is 13.2 Å². The summed E-state index contributed by atoms with van der Waals surface area (Å²) in [5.74, 6) is 2.22. The predicted molar refractivity (Wildman–Crippen MR) is 57.2 cm³/mol. The average molecular weight is 209 g/mol. The van der Waals surface area contributed by atoms with Crippen molar-refractivity contribution in [2.45, 2.75) is 19.1 Å². The summed E-state index contributed by atoms with van der Waals surface area (Å²) in [6, 6.07) is 0. The number of hydrogen-bond donors (Lipinski definition) is 1. The van der Waals surface area contributed by atoms with Crippen LogP contribution in [0.5, 0.6) is 0 Å². The van der Waals surface area contributed by atoms with Crippen LogP contribution in [0, 0.1) is 17.8 Å². The van der Waals surface area contributed by atoms with Crippen LogP contribution in [0.25, 0.3) is 0 Å². The van der Waals surface area contributed by atoms with Gasteiger partial charge in [-0.25, -0.2) is 0 Å². The number of fused-ring (bicyclic) bond motifs is 2. The lowest BCUT2D eigenvalue weighted by Crippen LogP contribution is -2.39. The maximum absolute atomic E-state index is 9.01. The zero-order chi connectivity index (χ0) is 10.3. The lowest BCUT2D eigenvalue weighted by Gasteiger charge is -2.30. The standard InChI is InChI=1S/C12H19NO2/c14-5-3-13-4-6-15-12(13)11-8-9-1-2-10(11)7-9/h1-2,9-12,14H,3-8H2/t9-,10-,11+,12+/m0/s1.